The molecule has 0 bridgehead atoms. The fraction of sp³-hybridized carbons (Fsp3) is 0.273. The molecule has 2 rings (SSSR count). The van der Waals surface area contributed by atoms with Crippen molar-refractivity contribution in [2.24, 2.45) is 0 Å². The highest BCUT2D eigenvalue weighted by Gasteiger charge is 2.22. The van der Waals surface area contributed by atoms with Crippen molar-refractivity contribution in [1.82, 2.24) is 0 Å². The van der Waals surface area contributed by atoms with Gasteiger partial charge in [-0.25, -0.2) is 9.59 Å². The zero-order chi connectivity index (χ0) is 20.7. The number of rotatable bonds is 8. The highest BCUT2D eigenvalue weighted by Crippen LogP contribution is 2.20. The predicted molar refractivity (Wildman–Crippen MR) is 103 cm³/mol. The van der Waals surface area contributed by atoms with Crippen LogP contribution >= 0.6 is 0 Å². The van der Waals surface area contributed by atoms with Crippen LogP contribution < -0.4 is 0 Å². The molecule has 6 nitrogen and oxygen atoms in total. The van der Waals surface area contributed by atoms with Gasteiger partial charge in [0.15, 0.2) is 0 Å². The third-order valence-corrected chi connectivity index (χ3v) is 4.45. The molecule has 2 radical (unpaired) electrons. The van der Waals surface area contributed by atoms with Crippen LogP contribution in [0.25, 0.3) is 0 Å². The van der Waals surface area contributed by atoms with Crippen LogP contribution in [0.1, 0.15) is 55.8 Å². The van der Waals surface area contributed by atoms with Crippen LogP contribution in [0.15, 0.2) is 36.4 Å². The van der Waals surface area contributed by atoms with E-state index in [0.29, 0.717) is 17.5 Å². The molecule has 0 fully saturated rings. The van der Waals surface area contributed by atoms with E-state index in [0.717, 1.165) is 22.3 Å². The second-order valence-electron chi connectivity index (χ2n) is 6.38. The SMILES string of the molecule is [CH2]CC[C](OOC(=O)c1cccc(C)c1C)OOC(=O)c1cccc(C)c1C. The summed E-state index contributed by atoms with van der Waals surface area (Å²) in [6.07, 6.45) is 0.393. The lowest BCUT2D eigenvalue weighted by Crippen LogP contribution is -2.17. The Morgan fingerprint density at radius 1 is 0.750 bits per heavy atom. The molecule has 0 saturated heterocycles. The molecule has 0 N–H and O–H groups in total. The molecule has 0 atom stereocenters. The molecule has 0 saturated carbocycles. The third kappa shape index (κ3) is 5.41. The van der Waals surface area contributed by atoms with Crippen molar-refractivity contribution < 1.29 is 29.1 Å². The van der Waals surface area contributed by atoms with Gasteiger partial charge < -0.3 is 0 Å². The van der Waals surface area contributed by atoms with Gasteiger partial charge in [0.1, 0.15) is 0 Å². The van der Waals surface area contributed by atoms with Gasteiger partial charge in [-0.05, 0) is 68.5 Å². The Hall–Kier alpha value is -2.70. The van der Waals surface area contributed by atoms with Crippen LogP contribution in [0.4, 0.5) is 0 Å². The molecular formula is C22H24O6. The topological polar surface area (TPSA) is 71.1 Å². The summed E-state index contributed by atoms with van der Waals surface area (Å²) in [5.74, 6) is -1.35. The van der Waals surface area contributed by atoms with Crippen LogP contribution in [0.2, 0.25) is 0 Å². The molecule has 0 spiro atoms. The lowest BCUT2D eigenvalue weighted by atomic mass is 10.0. The maximum Gasteiger partial charge on any atom is 0.373 e. The summed E-state index contributed by atoms with van der Waals surface area (Å²) >= 11 is 0. The summed E-state index contributed by atoms with van der Waals surface area (Å²) < 4.78 is 0. The number of aryl methyl sites for hydroxylation is 2. The smallest absolute Gasteiger partial charge is 0.289 e. The molecule has 0 aliphatic rings. The van der Waals surface area contributed by atoms with E-state index in [1.807, 2.05) is 39.8 Å². The summed E-state index contributed by atoms with van der Waals surface area (Å²) in [5, 5.41) is 0. The van der Waals surface area contributed by atoms with Gasteiger partial charge in [0, 0.05) is 6.42 Å². The lowest BCUT2D eigenvalue weighted by Gasteiger charge is -2.14. The monoisotopic (exact) mass is 384 g/mol. The molecule has 0 aliphatic heterocycles. The van der Waals surface area contributed by atoms with Crippen LogP contribution in [-0.4, -0.2) is 11.9 Å². The standard InChI is InChI=1S/C22H24O6/c1-6-9-20(25-27-21(23)18-12-7-10-14(2)16(18)4)26-28-22(24)19-13-8-11-15(3)17(19)5/h7-8,10-13H,1,6,9H2,2-5H3. The largest absolute Gasteiger partial charge is 0.373 e. The first kappa shape index (κ1) is 21.6. The van der Waals surface area contributed by atoms with Gasteiger partial charge in [0.2, 0.25) is 0 Å². The molecule has 148 valence electrons. The first-order chi connectivity index (χ1) is 13.3. The fourth-order valence-corrected chi connectivity index (χ4v) is 2.44. The molecule has 0 amide bonds. The van der Waals surface area contributed by atoms with E-state index in [1.165, 1.54) is 0 Å². The molecule has 6 heteroatoms. The zero-order valence-corrected chi connectivity index (χ0v) is 16.5. The van der Waals surface area contributed by atoms with Crippen molar-refractivity contribution in [2.75, 3.05) is 0 Å². The number of hydrogen-bond acceptors (Lipinski definition) is 6. The van der Waals surface area contributed by atoms with Crippen molar-refractivity contribution >= 4 is 11.9 Å². The first-order valence-corrected chi connectivity index (χ1v) is 8.90. The van der Waals surface area contributed by atoms with E-state index in [2.05, 4.69) is 6.92 Å². The van der Waals surface area contributed by atoms with E-state index in [4.69, 9.17) is 19.6 Å². The van der Waals surface area contributed by atoms with Gasteiger partial charge in [-0.2, -0.15) is 0 Å². The lowest BCUT2D eigenvalue weighted by molar-refractivity contribution is -0.363. The molecule has 0 aliphatic carbocycles. The fourth-order valence-electron chi connectivity index (χ4n) is 2.44. The van der Waals surface area contributed by atoms with E-state index in [-0.39, 0.29) is 12.7 Å². The Morgan fingerprint density at radius 2 is 1.18 bits per heavy atom. The van der Waals surface area contributed by atoms with E-state index >= 15 is 0 Å². The minimum absolute atomic E-state index is 0.174. The van der Waals surface area contributed by atoms with Crippen molar-refractivity contribution in [1.29, 1.82) is 0 Å². The first-order valence-electron chi connectivity index (χ1n) is 8.90. The average molecular weight is 384 g/mol. The van der Waals surface area contributed by atoms with E-state index < -0.39 is 11.9 Å². The number of hydrogen-bond donors (Lipinski definition) is 0. The Labute approximate surface area is 165 Å². The van der Waals surface area contributed by atoms with Crippen molar-refractivity contribution in [2.45, 2.75) is 40.5 Å². The number of carbonyl (C=O) groups is 2. The molecule has 0 heterocycles. The molecule has 2 aromatic rings. The molecule has 0 unspecified atom stereocenters. The quantitative estimate of drug-likeness (QED) is 0.476. The predicted octanol–water partition coefficient (Wildman–Crippen LogP) is 4.90. The summed E-state index contributed by atoms with van der Waals surface area (Å²) in [4.78, 5) is 44.1. The summed E-state index contributed by atoms with van der Waals surface area (Å²) in [5.41, 5.74) is 4.24. The summed E-state index contributed by atoms with van der Waals surface area (Å²) in [6, 6.07) is 10.6. The maximum atomic E-state index is 12.2. The maximum absolute atomic E-state index is 12.2. The second-order valence-corrected chi connectivity index (χ2v) is 6.38. The summed E-state index contributed by atoms with van der Waals surface area (Å²) in [7, 11) is 0. The normalized spacial score (nSPS) is 10.8. The Bertz CT molecular complexity index is 775. The molecular weight excluding hydrogens is 360 g/mol. The minimum Gasteiger partial charge on any atom is -0.289 e. The Balaban J connectivity index is 1.96. The highest BCUT2D eigenvalue weighted by molar-refractivity contribution is 5.91. The van der Waals surface area contributed by atoms with Gasteiger partial charge in [0.25, 0.3) is 0 Å². The van der Waals surface area contributed by atoms with Crippen LogP contribution in [0.5, 0.6) is 0 Å². The minimum atomic E-state index is -0.674. The van der Waals surface area contributed by atoms with Crippen LogP contribution in [0, 0.1) is 40.9 Å². The third-order valence-electron chi connectivity index (χ3n) is 4.45. The van der Waals surface area contributed by atoms with Gasteiger partial charge in [0.05, 0.1) is 11.1 Å². The second kappa shape index (κ2) is 10.0. The average Bonchev–Trinajstić information content (AvgIpc) is 2.67. The number of carbonyl (C=O) groups excluding carboxylic acids is 2. The van der Waals surface area contributed by atoms with Gasteiger partial charge in [-0.1, -0.05) is 31.2 Å². The highest BCUT2D eigenvalue weighted by atomic mass is 17.3. The van der Waals surface area contributed by atoms with Crippen molar-refractivity contribution in [3.05, 3.63) is 83.0 Å². The van der Waals surface area contributed by atoms with Crippen LogP contribution in [0.3, 0.4) is 0 Å². The van der Waals surface area contributed by atoms with Crippen LogP contribution in [-0.2, 0) is 19.6 Å². The van der Waals surface area contributed by atoms with Gasteiger partial charge >= 0.3 is 18.2 Å². The molecule has 0 aromatic heterocycles. The Kier molecular flexibility index (Phi) is 7.72. The summed E-state index contributed by atoms with van der Waals surface area (Å²) in [6.45, 7) is 11.1. The Morgan fingerprint density at radius 3 is 1.57 bits per heavy atom. The zero-order valence-electron chi connectivity index (χ0n) is 16.5. The van der Waals surface area contributed by atoms with Gasteiger partial charge in [-0.15, -0.1) is 9.78 Å². The molecule has 2 aromatic carbocycles. The van der Waals surface area contributed by atoms with E-state index in [1.54, 1.807) is 24.3 Å². The van der Waals surface area contributed by atoms with Gasteiger partial charge in [-0.3, -0.25) is 9.78 Å². The van der Waals surface area contributed by atoms with E-state index in [9.17, 15) is 9.59 Å². The van der Waals surface area contributed by atoms with Crippen molar-refractivity contribution in [3.8, 4) is 0 Å². The number of benzene rings is 2. The van der Waals surface area contributed by atoms with Crippen molar-refractivity contribution in [3.63, 3.8) is 0 Å². The molecule has 28 heavy (non-hydrogen) atoms.